The Morgan fingerprint density at radius 2 is 1.91 bits per heavy atom. The molecule has 0 aliphatic carbocycles. The molecule has 2 atom stereocenters. The molecule has 0 bridgehead atoms. The van der Waals surface area contributed by atoms with Gasteiger partial charge in [-0.15, -0.1) is 24.0 Å². The predicted octanol–water partition coefficient (Wildman–Crippen LogP) is 2.97. The minimum absolute atomic E-state index is 0. The van der Waals surface area contributed by atoms with Gasteiger partial charge in [-0.3, -0.25) is 4.99 Å². The number of hydrogen-bond donors (Lipinski definition) is 2. The molecule has 1 saturated heterocycles. The molecule has 2 unspecified atom stereocenters. The summed E-state index contributed by atoms with van der Waals surface area (Å²) in [5.41, 5.74) is 2.33. The number of guanidine groups is 1. The van der Waals surface area contributed by atoms with Crippen molar-refractivity contribution in [2.24, 2.45) is 10.9 Å². The van der Waals surface area contributed by atoms with Gasteiger partial charge in [0.25, 0.3) is 0 Å². The Hall–Kier alpha value is -1.26. The largest absolute Gasteiger partial charge is 0.494 e. The number of nitrogens with one attached hydrogen (secondary N) is 2. The van der Waals surface area contributed by atoms with Gasteiger partial charge in [0.15, 0.2) is 5.96 Å². The van der Waals surface area contributed by atoms with Crippen LogP contribution in [0.1, 0.15) is 38.8 Å². The van der Waals surface area contributed by atoms with Crippen LogP contribution in [-0.2, 0) is 13.0 Å². The lowest BCUT2D eigenvalue weighted by molar-refractivity contribution is 0.124. The normalized spacial score (nSPS) is 20.2. The Balaban J connectivity index is 0.00000363. The Labute approximate surface area is 211 Å². The molecule has 0 radical (unpaired) electrons. The fourth-order valence-corrected chi connectivity index (χ4v) is 4.37. The molecule has 8 heteroatoms. The summed E-state index contributed by atoms with van der Waals surface area (Å²) in [4.78, 5) is 9.50. The molecule has 0 saturated carbocycles. The number of fused-ring (bicyclic) bond motifs is 1. The second-order valence-corrected chi connectivity index (χ2v) is 8.78. The molecule has 1 aromatic rings. The quantitative estimate of drug-likeness (QED) is 0.276. The third-order valence-corrected chi connectivity index (χ3v) is 6.15. The molecule has 1 fully saturated rings. The maximum absolute atomic E-state index is 5.94. The molecule has 182 valence electrons. The second kappa shape index (κ2) is 13.4. The molecule has 2 heterocycles. The van der Waals surface area contributed by atoms with E-state index >= 15 is 0 Å². The summed E-state index contributed by atoms with van der Waals surface area (Å²) in [5.74, 6) is 3.29. The van der Waals surface area contributed by atoms with Gasteiger partial charge in [-0.2, -0.15) is 0 Å². The summed E-state index contributed by atoms with van der Waals surface area (Å²) in [6, 6.07) is 4.25. The monoisotopic (exact) mass is 559 g/mol. The maximum atomic E-state index is 5.94. The third-order valence-electron chi connectivity index (χ3n) is 6.15. The van der Waals surface area contributed by atoms with E-state index in [1.165, 1.54) is 31.7 Å². The average Bonchev–Trinajstić information content (AvgIpc) is 3.13. The van der Waals surface area contributed by atoms with E-state index in [1.54, 1.807) is 0 Å². The zero-order chi connectivity index (χ0) is 22.2. The van der Waals surface area contributed by atoms with Crippen molar-refractivity contribution in [3.63, 3.8) is 0 Å². The molecule has 0 aromatic heterocycles. The van der Waals surface area contributed by atoms with Crippen LogP contribution in [0.5, 0.6) is 11.5 Å². The maximum Gasteiger partial charge on any atom is 0.191 e. The smallest absolute Gasteiger partial charge is 0.191 e. The van der Waals surface area contributed by atoms with Crippen LogP contribution in [0.3, 0.4) is 0 Å². The Kier molecular flexibility index (Phi) is 11.3. The van der Waals surface area contributed by atoms with E-state index in [-0.39, 0.29) is 30.1 Å². The summed E-state index contributed by atoms with van der Waals surface area (Å²) in [5, 5.41) is 6.93. The van der Waals surface area contributed by atoms with Crippen molar-refractivity contribution in [1.29, 1.82) is 0 Å². The molecule has 32 heavy (non-hydrogen) atoms. The van der Waals surface area contributed by atoms with Crippen LogP contribution >= 0.6 is 24.0 Å². The Bertz CT molecular complexity index is 737. The number of likely N-dealkylation sites (N-methyl/N-ethyl adjacent to an activating group) is 1. The number of halogens is 1. The van der Waals surface area contributed by atoms with Crippen molar-refractivity contribution in [3.05, 3.63) is 23.3 Å². The van der Waals surface area contributed by atoms with Crippen LogP contribution in [0.25, 0.3) is 0 Å². The summed E-state index contributed by atoms with van der Waals surface area (Å²) in [6.45, 7) is 17.9. The number of piperazine rings is 1. The van der Waals surface area contributed by atoms with Crippen LogP contribution in [0.15, 0.2) is 17.1 Å². The van der Waals surface area contributed by atoms with Gasteiger partial charge < -0.3 is 29.9 Å². The van der Waals surface area contributed by atoms with Gasteiger partial charge in [-0.05, 0) is 38.4 Å². The number of benzene rings is 1. The van der Waals surface area contributed by atoms with Crippen LogP contribution in [0, 0.1) is 5.92 Å². The summed E-state index contributed by atoms with van der Waals surface area (Å²) in [7, 11) is 1.82. The first-order valence-electron chi connectivity index (χ1n) is 11.9. The topological polar surface area (TPSA) is 61.4 Å². The first kappa shape index (κ1) is 27.0. The van der Waals surface area contributed by atoms with E-state index in [2.05, 4.69) is 58.3 Å². The van der Waals surface area contributed by atoms with Gasteiger partial charge >= 0.3 is 0 Å². The van der Waals surface area contributed by atoms with Crippen LogP contribution in [-0.4, -0.2) is 81.3 Å². The van der Waals surface area contributed by atoms with Crippen molar-refractivity contribution in [1.82, 2.24) is 20.4 Å². The number of hydrogen-bond acceptors (Lipinski definition) is 5. The molecule has 0 spiro atoms. The summed E-state index contributed by atoms with van der Waals surface area (Å²) >= 11 is 0. The lowest BCUT2D eigenvalue weighted by atomic mass is 10.1. The molecular weight excluding hydrogens is 517 g/mol. The van der Waals surface area contributed by atoms with Gasteiger partial charge in [0.05, 0.1) is 6.61 Å². The number of nitrogens with zero attached hydrogens (tertiary/aromatic N) is 3. The average molecular weight is 560 g/mol. The van der Waals surface area contributed by atoms with Crippen molar-refractivity contribution in [2.45, 2.75) is 46.8 Å². The zero-order valence-electron chi connectivity index (χ0n) is 20.4. The molecular formula is C24H42IN5O2. The van der Waals surface area contributed by atoms with Gasteiger partial charge in [0, 0.05) is 70.4 Å². The van der Waals surface area contributed by atoms with Gasteiger partial charge in [0.1, 0.15) is 17.6 Å². The lowest BCUT2D eigenvalue weighted by Crippen LogP contribution is -2.48. The third kappa shape index (κ3) is 7.66. The van der Waals surface area contributed by atoms with Crippen molar-refractivity contribution < 1.29 is 9.47 Å². The standard InChI is InChI=1S/C24H41N5O2.HI/c1-6-28-8-10-29(11-9-28)17-18(3)15-26-24(25-5)27-16-21-14-23-20(12-19(4)31-23)13-22(21)30-7-2;/h13-14,18-19H,6-12,15-17H2,1-5H3,(H2,25,26,27);1H. The SMILES string of the molecule is CCOc1cc2c(cc1CNC(=NC)NCC(C)CN1CCN(CC)CC1)OC(C)C2.I. The first-order chi connectivity index (χ1) is 15.0. The van der Waals surface area contributed by atoms with Crippen molar-refractivity contribution in [3.8, 4) is 11.5 Å². The van der Waals surface area contributed by atoms with Gasteiger partial charge in [-0.25, -0.2) is 0 Å². The second-order valence-electron chi connectivity index (χ2n) is 8.78. The Morgan fingerprint density at radius 3 is 2.56 bits per heavy atom. The van der Waals surface area contributed by atoms with Gasteiger partial charge in [0.2, 0.25) is 0 Å². The summed E-state index contributed by atoms with van der Waals surface area (Å²) in [6.07, 6.45) is 1.17. The highest BCUT2D eigenvalue weighted by Crippen LogP contribution is 2.35. The molecule has 2 aliphatic rings. The van der Waals surface area contributed by atoms with Crippen LogP contribution in [0.4, 0.5) is 0 Å². The molecule has 1 aromatic carbocycles. The first-order valence-corrected chi connectivity index (χ1v) is 11.9. The van der Waals surface area contributed by atoms with Crippen molar-refractivity contribution >= 4 is 29.9 Å². The predicted molar refractivity (Wildman–Crippen MR) is 143 cm³/mol. The summed E-state index contributed by atoms with van der Waals surface area (Å²) < 4.78 is 11.8. The highest BCUT2D eigenvalue weighted by molar-refractivity contribution is 14.0. The highest BCUT2D eigenvalue weighted by atomic mass is 127. The highest BCUT2D eigenvalue weighted by Gasteiger charge is 2.22. The number of aliphatic imine (C=N–C) groups is 1. The van der Waals surface area contributed by atoms with E-state index in [1.807, 2.05) is 14.0 Å². The minimum Gasteiger partial charge on any atom is -0.494 e. The van der Waals surface area contributed by atoms with E-state index < -0.39 is 0 Å². The molecule has 2 N–H and O–H groups in total. The van der Waals surface area contributed by atoms with Crippen molar-refractivity contribution in [2.75, 3.05) is 59.5 Å². The van der Waals surface area contributed by atoms with E-state index in [0.717, 1.165) is 49.1 Å². The Morgan fingerprint density at radius 1 is 1.19 bits per heavy atom. The molecule has 2 aliphatic heterocycles. The van der Waals surface area contributed by atoms with Gasteiger partial charge in [-0.1, -0.05) is 13.8 Å². The van der Waals surface area contributed by atoms with Crippen LogP contribution in [0.2, 0.25) is 0 Å². The van der Waals surface area contributed by atoms with Crippen LogP contribution < -0.4 is 20.1 Å². The van der Waals surface area contributed by atoms with E-state index in [0.29, 0.717) is 19.1 Å². The molecule has 0 amide bonds. The van der Waals surface area contributed by atoms with E-state index in [9.17, 15) is 0 Å². The molecule has 7 nitrogen and oxygen atoms in total. The number of ether oxygens (including phenoxy) is 2. The fourth-order valence-electron chi connectivity index (χ4n) is 4.37. The lowest BCUT2D eigenvalue weighted by Gasteiger charge is -2.35. The molecule has 3 rings (SSSR count). The zero-order valence-corrected chi connectivity index (χ0v) is 22.8. The number of rotatable bonds is 9. The fraction of sp³-hybridized carbons (Fsp3) is 0.708. The minimum atomic E-state index is 0. The van der Waals surface area contributed by atoms with E-state index in [4.69, 9.17) is 9.47 Å².